The summed E-state index contributed by atoms with van der Waals surface area (Å²) in [5, 5.41) is 11.8. The molecule has 0 amide bonds. The molecule has 20 heavy (non-hydrogen) atoms. The molecular formula is C14H17ClN4S. The van der Waals surface area contributed by atoms with Gasteiger partial charge in [0, 0.05) is 35.6 Å². The minimum absolute atomic E-state index is 0.569. The highest BCUT2D eigenvalue weighted by Gasteiger charge is 2.04. The monoisotopic (exact) mass is 308 g/mol. The Labute approximate surface area is 129 Å². The molecule has 0 unspecified atom stereocenters. The van der Waals surface area contributed by atoms with Gasteiger partial charge < -0.3 is 10.6 Å². The highest BCUT2D eigenvalue weighted by Crippen LogP contribution is 2.22. The van der Waals surface area contributed by atoms with Crippen molar-refractivity contribution >= 4 is 34.6 Å². The van der Waals surface area contributed by atoms with Crippen molar-refractivity contribution in [3.8, 4) is 0 Å². The lowest BCUT2D eigenvalue weighted by Crippen LogP contribution is -2.28. The summed E-state index contributed by atoms with van der Waals surface area (Å²) < 4.78 is 1.88. The largest absolute Gasteiger partial charge is 0.358 e. The molecule has 1 aromatic heterocycles. The number of thiocarbonyl (C=S) groups is 1. The first kappa shape index (κ1) is 14.8. The highest BCUT2D eigenvalue weighted by molar-refractivity contribution is 7.80. The second-order valence-corrected chi connectivity index (χ2v) is 5.24. The minimum atomic E-state index is 0.569. The lowest BCUT2D eigenvalue weighted by atomic mass is 10.2. The van der Waals surface area contributed by atoms with Crippen LogP contribution >= 0.6 is 23.8 Å². The summed E-state index contributed by atoms with van der Waals surface area (Å²) in [6.45, 7) is 5.52. The SMILES string of the molecule is CCn1cc(CNC(=S)Nc2cccc(Cl)c2C)cn1. The molecule has 106 valence electrons. The Bertz CT molecular complexity index is 609. The molecule has 2 aromatic rings. The molecule has 1 heterocycles. The summed E-state index contributed by atoms with van der Waals surface area (Å²) in [6, 6.07) is 5.70. The fourth-order valence-corrected chi connectivity index (χ4v) is 2.12. The molecule has 2 rings (SSSR count). The predicted octanol–water partition coefficient (Wildman–Crippen LogP) is 3.35. The second kappa shape index (κ2) is 6.72. The number of nitrogens with zero attached hydrogens (tertiary/aromatic N) is 2. The number of aromatic nitrogens is 2. The van der Waals surface area contributed by atoms with E-state index < -0.39 is 0 Å². The zero-order valence-electron chi connectivity index (χ0n) is 11.5. The molecular weight excluding hydrogens is 292 g/mol. The lowest BCUT2D eigenvalue weighted by Gasteiger charge is -2.12. The van der Waals surface area contributed by atoms with Crippen LogP contribution in [0.1, 0.15) is 18.1 Å². The normalized spacial score (nSPS) is 10.3. The molecule has 0 bridgehead atoms. The number of benzene rings is 1. The van der Waals surface area contributed by atoms with Crippen LogP contribution in [0.4, 0.5) is 5.69 Å². The average Bonchev–Trinajstić information content (AvgIpc) is 2.90. The Kier molecular flexibility index (Phi) is 4.98. The van der Waals surface area contributed by atoms with Gasteiger partial charge in [0.25, 0.3) is 0 Å². The highest BCUT2D eigenvalue weighted by atomic mass is 35.5. The van der Waals surface area contributed by atoms with Crippen molar-refractivity contribution in [2.45, 2.75) is 26.9 Å². The lowest BCUT2D eigenvalue weighted by molar-refractivity contribution is 0.659. The van der Waals surface area contributed by atoms with Crippen molar-refractivity contribution in [1.29, 1.82) is 0 Å². The first-order valence-corrected chi connectivity index (χ1v) is 7.20. The predicted molar refractivity (Wildman–Crippen MR) is 87.2 cm³/mol. The Hall–Kier alpha value is -1.59. The van der Waals surface area contributed by atoms with Gasteiger partial charge in [-0.15, -0.1) is 0 Å². The molecule has 4 nitrogen and oxygen atoms in total. The third-order valence-corrected chi connectivity index (χ3v) is 3.64. The van der Waals surface area contributed by atoms with Crippen molar-refractivity contribution in [3.05, 3.63) is 46.7 Å². The van der Waals surface area contributed by atoms with Crippen LogP contribution in [0.25, 0.3) is 0 Å². The van der Waals surface area contributed by atoms with Crippen molar-refractivity contribution in [2.24, 2.45) is 0 Å². The maximum absolute atomic E-state index is 6.07. The van der Waals surface area contributed by atoms with Gasteiger partial charge in [-0.2, -0.15) is 5.10 Å². The van der Waals surface area contributed by atoms with Gasteiger partial charge >= 0.3 is 0 Å². The van der Waals surface area contributed by atoms with Crippen LogP contribution < -0.4 is 10.6 Å². The summed E-state index contributed by atoms with van der Waals surface area (Å²) >= 11 is 11.4. The van der Waals surface area contributed by atoms with Gasteiger partial charge in [0.1, 0.15) is 0 Å². The zero-order chi connectivity index (χ0) is 14.5. The molecule has 0 radical (unpaired) electrons. The van der Waals surface area contributed by atoms with Crippen molar-refractivity contribution in [1.82, 2.24) is 15.1 Å². The topological polar surface area (TPSA) is 41.9 Å². The first-order valence-electron chi connectivity index (χ1n) is 6.41. The zero-order valence-corrected chi connectivity index (χ0v) is 13.1. The van der Waals surface area contributed by atoms with E-state index in [2.05, 4.69) is 22.7 Å². The molecule has 6 heteroatoms. The third-order valence-electron chi connectivity index (χ3n) is 2.98. The number of nitrogens with one attached hydrogen (secondary N) is 2. The van der Waals surface area contributed by atoms with Crippen LogP contribution in [0, 0.1) is 6.92 Å². The third kappa shape index (κ3) is 3.71. The fraction of sp³-hybridized carbons (Fsp3) is 0.286. The summed E-state index contributed by atoms with van der Waals surface area (Å²) in [4.78, 5) is 0. The van der Waals surface area contributed by atoms with Gasteiger partial charge in [-0.3, -0.25) is 4.68 Å². The van der Waals surface area contributed by atoms with Crippen molar-refractivity contribution in [3.63, 3.8) is 0 Å². The van der Waals surface area contributed by atoms with E-state index in [1.54, 1.807) is 0 Å². The number of rotatable bonds is 4. The average molecular weight is 309 g/mol. The molecule has 1 aromatic carbocycles. The van der Waals surface area contributed by atoms with Crippen molar-refractivity contribution < 1.29 is 0 Å². The van der Waals surface area contributed by atoms with E-state index in [0.717, 1.165) is 28.4 Å². The number of halogens is 1. The summed E-state index contributed by atoms with van der Waals surface area (Å²) in [7, 11) is 0. The number of anilines is 1. The summed E-state index contributed by atoms with van der Waals surface area (Å²) in [6.07, 6.45) is 3.84. The first-order chi connectivity index (χ1) is 9.60. The molecule has 0 aliphatic heterocycles. The summed E-state index contributed by atoms with van der Waals surface area (Å²) in [5.74, 6) is 0. The molecule has 0 fully saturated rings. The van der Waals surface area contributed by atoms with Gasteiger partial charge in [-0.1, -0.05) is 17.7 Å². The Morgan fingerprint density at radius 1 is 1.45 bits per heavy atom. The molecule has 0 saturated carbocycles. The van der Waals surface area contributed by atoms with Crippen LogP contribution in [0.2, 0.25) is 5.02 Å². The van der Waals surface area contributed by atoms with E-state index in [4.69, 9.17) is 23.8 Å². The van der Waals surface area contributed by atoms with Gasteiger partial charge in [0.15, 0.2) is 5.11 Å². The smallest absolute Gasteiger partial charge is 0.171 e. The van der Waals surface area contributed by atoms with Crippen LogP contribution in [0.15, 0.2) is 30.6 Å². The van der Waals surface area contributed by atoms with Crippen molar-refractivity contribution in [2.75, 3.05) is 5.32 Å². The number of aryl methyl sites for hydroxylation is 1. The standard InChI is InChI=1S/C14H17ClN4S/c1-3-19-9-11(8-17-19)7-16-14(20)18-13-6-4-5-12(15)10(13)2/h4-6,8-9H,3,7H2,1-2H3,(H2,16,18,20). The molecule has 0 spiro atoms. The maximum atomic E-state index is 6.07. The Balaban J connectivity index is 1.91. The van der Waals surface area contributed by atoms with Gasteiger partial charge in [0.05, 0.1) is 6.20 Å². The van der Waals surface area contributed by atoms with Crippen LogP contribution in [0.3, 0.4) is 0 Å². The molecule has 0 aliphatic rings. The van der Waals surface area contributed by atoms with E-state index >= 15 is 0 Å². The molecule has 0 aliphatic carbocycles. The Morgan fingerprint density at radius 2 is 2.25 bits per heavy atom. The van der Waals surface area contributed by atoms with Crippen LogP contribution in [-0.4, -0.2) is 14.9 Å². The summed E-state index contributed by atoms with van der Waals surface area (Å²) in [5.41, 5.74) is 3.00. The Morgan fingerprint density at radius 3 is 2.95 bits per heavy atom. The second-order valence-electron chi connectivity index (χ2n) is 4.42. The quantitative estimate of drug-likeness (QED) is 0.850. The number of hydrogen-bond acceptors (Lipinski definition) is 2. The maximum Gasteiger partial charge on any atom is 0.171 e. The number of hydrogen-bond donors (Lipinski definition) is 2. The van der Waals surface area contributed by atoms with Crippen LogP contribution in [-0.2, 0) is 13.1 Å². The van der Waals surface area contributed by atoms with E-state index in [1.807, 2.05) is 42.2 Å². The minimum Gasteiger partial charge on any atom is -0.358 e. The fourth-order valence-electron chi connectivity index (χ4n) is 1.76. The van der Waals surface area contributed by atoms with E-state index in [0.29, 0.717) is 11.7 Å². The van der Waals surface area contributed by atoms with Gasteiger partial charge in [0.2, 0.25) is 0 Å². The van der Waals surface area contributed by atoms with E-state index in [1.165, 1.54) is 0 Å². The molecule has 0 saturated heterocycles. The molecule has 2 N–H and O–H groups in total. The van der Waals surface area contributed by atoms with Gasteiger partial charge in [-0.05, 0) is 43.8 Å². The van der Waals surface area contributed by atoms with E-state index in [-0.39, 0.29) is 0 Å². The van der Waals surface area contributed by atoms with Crippen LogP contribution in [0.5, 0.6) is 0 Å². The van der Waals surface area contributed by atoms with Gasteiger partial charge in [-0.25, -0.2) is 0 Å². The van der Waals surface area contributed by atoms with E-state index in [9.17, 15) is 0 Å². The molecule has 0 atom stereocenters.